The number of nitrogens with zero attached hydrogens (tertiary/aromatic N) is 2. The molecule has 2 aliphatic rings. The Bertz CT molecular complexity index is 282. The number of likely N-dealkylation sites (tertiary alicyclic amines) is 2. The molecule has 2 aliphatic heterocycles. The van der Waals surface area contributed by atoms with Gasteiger partial charge in [0.1, 0.15) is 0 Å². The molecular formula is C14H27N3O. The fraction of sp³-hybridized carbons (Fsp3) is 0.929. The predicted molar refractivity (Wildman–Crippen MR) is 73.3 cm³/mol. The summed E-state index contributed by atoms with van der Waals surface area (Å²) in [4.78, 5) is 16.7. The summed E-state index contributed by atoms with van der Waals surface area (Å²) in [6.45, 7) is 5.63. The molecule has 0 aromatic heterocycles. The van der Waals surface area contributed by atoms with Gasteiger partial charge in [-0.3, -0.25) is 9.69 Å². The minimum atomic E-state index is 0.259. The molecule has 4 nitrogen and oxygen atoms in total. The van der Waals surface area contributed by atoms with Crippen molar-refractivity contribution in [3.63, 3.8) is 0 Å². The number of piperidine rings is 2. The lowest BCUT2D eigenvalue weighted by Gasteiger charge is -2.38. The molecular weight excluding hydrogens is 226 g/mol. The normalized spacial score (nSPS) is 30.4. The van der Waals surface area contributed by atoms with E-state index in [4.69, 9.17) is 5.73 Å². The number of rotatable bonds is 3. The zero-order valence-electron chi connectivity index (χ0n) is 11.6. The lowest BCUT2D eigenvalue weighted by molar-refractivity contribution is -0.136. The van der Waals surface area contributed by atoms with Crippen molar-refractivity contribution in [3.05, 3.63) is 0 Å². The summed E-state index contributed by atoms with van der Waals surface area (Å²) in [6.07, 6.45) is 6.95. The van der Waals surface area contributed by atoms with E-state index in [-0.39, 0.29) is 6.04 Å². The number of amides is 1. The maximum atomic E-state index is 12.4. The molecule has 2 rings (SSSR count). The lowest BCUT2D eigenvalue weighted by Crippen LogP contribution is -2.51. The van der Waals surface area contributed by atoms with E-state index in [0.29, 0.717) is 18.5 Å². The van der Waals surface area contributed by atoms with E-state index in [1.54, 1.807) is 0 Å². The molecule has 4 heteroatoms. The first-order valence-electron chi connectivity index (χ1n) is 7.48. The average Bonchev–Trinajstić information content (AvgIpc) is 2.38. The van der Waals surface area contributed by atoms with Crippen LogP contribution in [0.25, 0.3) is 0 Å². The third-order valence-corrected chi connectivity index (χ3v) is 4.32. The van der Waals surface area contributed by atoms with Gasteiger partial charge in [0.25, 0.3) is 0 Å². The molecule has 2 unspecified atom stereocenters. The van der Waals surface area contributed by atoms with Crippen molar-refractivity contribution >= 4 is 5.91 Å². The molecule has 0 bridgehead atoms. The topological polar surface area (TPSA) is 49.6 Å². The first-order valence-corrected chi connectivity index (χ1v) is 7.48. The Hall–Kier alpha value is -0.610. The Morgan fingerprint density at radius 1 is 1.22 bits per heavy atom. The van der Waals surface area contributed by atoms with E-state index < -0.39 is 0 Å². The van der Waals surface area contributed by atoms with E-state index in [9.17, 15) is 4.79 Å². The lowest BCUT2D eigenvalue weighted by atomic mass is 10.00. The van der Waals surface area contributed by atoms with Crippen LogP contribution < -0.4 is 5.73 Å². The van der Waals surface area contributed by atoms with Crippen LogP contribution in [0.15, 0.2) is 0 Å². The molecule has 0 spiro atoms. The third-order valence-electron chi connectivity index (χ3n) is 4.32. The molecule has 0 radical (unpaired) electrons. The van der Waals surface area contributed by atoms with Crippen molar-refractivity contribution in [2.24, 2.45) is 5.73 Å². The van der Waals surface area contributed by atoms with Crippen LogP contribution in [-0.2, 0) is 4.79 Å². The monoisotopic (exact) mass is 253 g/mol. The Morgan fingerprint density at radius 3 is 2.78 bits per heavy atom. The van der Waals surface area contributed by atoms with E-state index in [2.05, 4.69) is 16.7 Å². The number of carbonyl (C=O) groups is 1. The Kier molecular flexibility index (Phi) is 5.01. The number of nitrogens with two attached hydrogens (primary N) is 1. The largest absolute Gasteiger partial charge is 0.339 e. The molecule has 0 aromatic rings. The summed E-state index contributed by atoms with van der Waals surface area (Å²) in [5, 5.41) is 0. The van der Waals surface area contributed by atoms with Crippen molar-refractivity contribution in [1.82, 2.24) is 9.80 Å². The van der Waals surface area contributed by atoms with Crippen LogP contribution in [0.2, 0.25) is 0 Å². The van der Waals surface area contributed by atoms with Crippen molar-refractivity contribution < 1.29 is 4.79 Å². The molecule has 2 atom stereocenters. The Labute approximate surface area is 110 Å². The first-order chi connectivity index (χ1) is 8.70. The van der Waals surface area contributed by atoms with Gasteiger partial charge < -0.3 is 10.6 Å². The molecule has 2 saturated heterocycles. The van der Waals surface area contributed by atoms with Gasteiger partial charge in [-0.1, -0.05) is 6.92 Å². The molecule has 1 amide bonds. The summed E-state index contributed by atoms with van der Waals surface area (Å²) < 4.78 is 0. The quantitative estimate of drug-likeness (QED) is 0.822. The van der Waals surface area contributed by atoms with Gasteiger partial charge in [-0.05, 0) is 45.1 Å². The third kappa shape index (κ3) is 3.45. The number of hydrogen-bond donors (Lipinski definition) is 1. The second-order valence-electron chi connectivity index (χ2n) is 5.78. The van der Waals surface area contributed by atoms with Crippen LogP contribution in [0, 0.1) is 0 Å². The molecule has 2 heterocycles. The van der Waals surface area contributed by atoms with Gasteiger partial charge in [-0.2, -0.15) is 0 Å². The highest BCUT2D eigenvalue weighted by atomic mass is 16.2. The summed E-state index contributed by atoms with van der Waals surface area (Å²) in [5.74, 6) is 0.315. The minimum absolute atomic E-state index is 0.259. The van der Waals surface area contributed by atoms with Crippen molar-refractivity contribution in [1.29, 1.82) is 0 Å². The van der Waals surface area contributed by atoms with E-state index in [1.807, 2.05) is 0 Å². The molecule has 18 heavy (non-hydrogen) atoms. The van der Waals surface area contributed by atoms with Gasteiger partial charge in [0.15, 0.2) is 0 Å². The molecule has 0 aliphatic carbocycles. The van der Waals surface area contributed by atoms with Gasteiger partial charge in [-0.15, -0.1) is 0 Å². The average molecular weight is 253 g/mol. The van der Waals surface area contributed by atoms with Crippen LogP contribution in [0.1, 0.15) is 45.4 Å². The standard InChI is InChI=1S/C14H27N3O/c1-2-13-7-3-4-9-17(13)14(18)11-16-8-5-6-12(15)10-16/h12-13H,2-11,15H2,1H3. The van der Waals surface area contributed by atoms with Crippen LogP contribution in [0.3, 0.4) is 0 Å². The summed E-state index contributed by atoms with van der Waals surface area (Å²) in [7, 11) is 0. The van der Waals surface area contributed by atoms with Crippen molar-refractivity contribution in [3.8, 4) is 0 Å². The van der Waals surface area contributed by atoms with E-state index in [1.165, 1.54) is 19.3 Å². The zero-order valence-corrected chi connectivity index (χ0v) is 11.6. The van der Waals surface area contributed by atoms with Crippen molar-refractivity contribution in [2.75, 3.05) is 26.2 Å². The maximum Gasteiger partial charge on any atom is 0.236 e. The predicted octanol–water partition coefficient (Wildman–Crippen LogP) is 1.20. The molecule has 0 aromatic carbocycles. The smallest absolute Gasteiger partial charge is 0.236 e. The minimum Gasteiger partial charge on any atom is -0.339 e. The van der Waals surface area contributed by atoms with Gasteiger partial charge in [-0.25, -0.2) is 0 Å². The summed E-state index contributed by atoms with van der Waals surface area (Å²) >= 11 is 0. The van der Waals surface area contributed by atoms with Crippen LogP contribution in [0.4, 0.5) is 0 Å². The highest BCUT2D eigenvalue weighted by molar-refractivity contribution is 5.78. The Balaban J connectivity index is 1.85. The molecule has 2 fully saturated rings. The molecule has 2 N–H and O–H groups in total. The van der Waals surface area contributed by atoms with Crippen molar-refractivity contribution in [2.45, 2.75) is 57.5 Å². The first kappa shape index (κ1) is 13.8. The van der Waals surface area contributed by atoms with E-state index >= 15 is 0 Å². The summed E-state index contributed by atoms with van der Waals surface area (Å²) in [6, 6.07) is 0.736. The highest BCUT2D eigenvalue weighted by Crippen LogP contribution is 2.20. The maximum absolute atomic E-state index is 12.4. The fourth-order valence-corrected chi connectivity index (χ4v) is 3.27. The van der Waals surface area contributed by atoms with Crippen LogP contribution in [0.5, 0.6) is 0 Å². The van der Waals surface area contributed by atoms with Gasteiger partial charge in [0.2, 0.25) is 5.91 Å². The number of carbonyl (C=O) groups excluding carboxylic acids is 1. The Morgan fingerprint density at radius 2 is 2.06 bits per heavy atom. The fourth-order valence-electron chi connectivity index (χ4n) is 3.27. The van der Waals surface area contributed by atoms with Gasteiger partial charge in [0.05, 0.1) is 6.54 Å². The molecule has 0 saturated carbocycles. The summed E-state index contributed by atoms with van der Waals surface area (Å²) in [5.41, 5.74) is 5.97. The van der Waals surface area contributed by atoms with Gasteiger partial charge in [0, 0.05) is 25.2 Å². The van der Waals surface area contributed by atoms with E-state index in [0.717, 1.165) is 38.9 Å². The zero-order chi connectivity index (χ0) is 13.0. The SMILES string of the molecule is CCC1CCCCN1C(=O)CN1CCCC(N)C1. The van der Waals surface area contributed by atoms with Gasteiger partial charge >= 0.3 is 0 Å². The highest BCUT2D eigenvalue weighted by Gasteiger charge is 2.27. The molecule has 104 valence electrons. The van der Waals surface area contributed by atoms with Crippen LogP contribution in [-0.4, -0.2) is 54.0 Å². The number of hydrogen-bond acceptors (Lipinski definition) is 3. The second-order valence-corrected chi connectivity index (χ2v) is 5.78. The second kappa shape index (κ2) is 6.53. The van der Waals surface area contributed by atoms with Crippen LogP contribution >= 0.6 is 0 Å².